The molecule has 1 fully saturated rings. The van der Waals surface area contributed by atoms with Gasteiger partial charge in [0.15, 0.2) is 0 Å². The van der Waals surface area contributed by atoms with Crippen LogP contribution in [0.4, 0.5) is 4.39 Å². The van der Waals surface area contributed by atoms with E-state index in [0.29, 0.717) is 6.54 Å². The number of hydrogen-bond donors (Lipinski definition) is 1. The number of rotatable bonds is 4. The van der Waals surface area contributed by atoms with Crippen LogP contribution in [0.25, 0.3) is 0 Å². The number of aliphatic imine (C=N–C) groups is 1. The van der Waals surface area contributed by atoms with Crippen LogP contribution in [0.15, 0.2) is 28.9 Å². The lowest BCUT2D eigenvalue weighted by atomic mass is 9.92. The molecule has 1 aliphatic heterocycles. The largest absolute Gasteiger partial charge is 0.401 e. The fraction of sp³-hybridized carbons (Fsp3) is 0.650. The molecule has 0 atom stereocenters. The van der Waals surface area contributed by atoms with E-state index in [-0.39, 0.29) is 18.1 Å². The maximum Gasteiger partial charge on any atom is 0.134 e. The number of alkyl halides is 1. The molecule has 1 aliphatic rings. The summed E-state index contributed by atoms with van der Waals surface area (Å²) in [4.78, 5) is 7.23. The molecule has 1 saturated heterocycles. The smallest absolute Gasteiger partial charge is 0.134 e. The molecule has 5 heteroatoms. The number of likely N-dealkylation sites (tertiary alicyclic amines) is 1. The molecule has 2 N–H and O–H groups in total. The fourth-order valence-corrected chi connectivity index (χ4v) is 3.12. The molecular weight excluding hydrogens is 315 g/mol. The van der Waals surface area contributed by atoms with Crippen molar-refractivity contribution in [3.05, 3.63) is 35.3 Å². The number of halogens is 1. The van der Waals surface area contributed by atoms with Crippen LogP contribution in [0, 0.1) is 19.3 Å². The Hall–Kier alpha value is -1.62. The number of nitrogens with two attached hydrogens (primary N) is 1. The molecule has 0 unspecified atom stereocenters. The first-order valence-electron chi connectivity index (χ1n) is 9.21. The summed E-state index contributed by atoms with van der Waals surface area (Å²) in [7, 11) is 0. The van der Waals surface area contributed by atoms with E-state index in [1.54, 1.807) is 0 Å². The lowest BCUT2D eigenvalue weighted by molar-refractivity contribution is 0.198. The molecule has 0 aliphatic carbocycles. The third-order valence-corrected chi connectivity index (χ3v) is 4.92. The van der Waals surface area contributed by atoms with Crippen LogP contribution in [0.2, 0.25) is 0 Å². The van der Waals surface area contributed by atoms with Crippen LogP contribution < -0.4 is 5.73 Å². The van der Waals surface area contributed by atoms with Crippen molar-refractivity contribution in [3.8, 4) is 0 Å². The molecule has 0 saturated carbocycles. The summed E-state index contributed by atoms with van der Waals surface area (Å²) < 4.78 is 14.7. The molecule has 0 amide bonds. The monoisotopic (exact) mass is 348 g/mol. The molecule has 1 aromatic rings. The van der Waals surface area contributed by atoms with Crippen molar-refractivity contribution >= 4 is 5.84 Å². The van der Waals surface area contributed by atoms with Crippen LogP contribution >= 0.6 is 0 Å². The minimum absolute atomic E-state index is 0.0970. The molecule has 140 valence electrons. The Bertz CT molecular complexity index is 609. The van der Waals surface area contributed by atoms with Crippen LogP contribution in [0.1, 0.15) is 45.0 Å². The van der Waals surface area contributed by atoms with Crippen LogP contribution in [0.5, 0.6) is 0 Å². The summed E-state index contributed by atoms with van der Waals surface area (Å²) in [6, 6.07) is 4.47. The van der Waals surface area contributed by atoms with Crippen LogP contribution in [-0.4, -0.2) is 47.7 Å². The van der Waals surface area contributed by atoms with Gasteiger partial charge in [-0.3, -0.25) is 4.99 Å². The van der Waals surface area contributed by atoms with Crippen LogP contribution in [-0.2, 0) is 0 Å². The average Bonchev–Trinajstić information content (AvgIpc) is 2.87. The van der Waals surface area contributed by atoms with E-state index < -0.39 is 0 Å². The van der Waals surface area contributed by atoms with E-state index in [4.69, 9.17) is 10.7 Å². The fourth-order valence-electron chi connectivity index (χ4n) is 3.12. The van der Waals surface area contributed by atoms with Crippen molar-refractivity contribution < 1.29 is 4.39 Å². The van der Waals surface area contributed by atoms with Gasteiger partial charge < -0.3 is 15.2 Å². The zero-order valence-electron chi connectivity index (χ0n) is 16.3. The van der Waals surface area contributed by atoms with Gasteiger partial charge in [-0.25, -0.2) is 4.39 Å². The van der Waals surface area contributed by atoms with Crippen molar-refractivity contribution in [3.63, 3.8) is 0 Å². The quantitative estimate of drug-likeness (QED) is 0.666. The summed E-state index contributed by atoms with van der Waals surface area (Å²) in [5.41, 5.74) is 9.39. The Morgan fingerprint density at radius 1 is 1.24 bits per heavy atom. The minimum atomic E-state index is -0.272. The van der Waals surface area contributed by atoms with Gasteiger partial charge in [0.25, 0.3) is 0 Å². The Morgan fingerprint density at radius 3 is 2.28 bits per heavy atom. The number of aryl methyl sites for hydroxylation is 2. The molecule has 0 bridgehead atoms. The molecule has 0 aromatic carbocycles. The molecule has 0 spiro atoms. The molecule has 1 aromatic heterocycles. The normalized spacial score (nSPS) is 18.8. The van der Waals surface area contributed by atoms with Crippen LogP contribution in [0.3, 0.4) is 0 Å². The number of allylic oxidation sites excluding steroid dienone is 2. The molecular formula is C20H33FN4. The topological polar surface area (TPSA) is 46.6 Å². The number of piperidine rings is 1. The Kier molecular flexibility index (Phi) is 6.44. The van der Waals surface area contributed by atoms with Gasteiger partial charge in [0.2, 0.25) is 0 Å². The summed E-state index contributed by atoms with van der Waals surface area (Å²) >= 11 is 0. The van der Waals surface area contributed by atoms with Crippen molar-refractivity contribution in [1.29, 1.82) is 0 Å². The van der Waals surface area contributed by atoms with Gasteiger partial charge in [0.1, 0.15) is 12.5 Å². The third-order valence-electron chi connectivity index (χ3n) is 4.92. The highest BCUT2D eigenvalue weighted by molar-refractivity contribution is 5.96. The van der Waals surface area contributed by atoms with Gasteiger partial charge >= 0.3 is 0 Å². The van der Waals surface area contributed by atoms with E-state index in [0.717, 1.165) is 48.9 Å². The summed E-state index contributed by atoms with van der Waals surface area (Å²) in [5.74, 6) is 0.913. The van der Waals surface area contributed by atoms with Gasteiger partial charge in [0, 0.05) is 48.2 Å². The molecule has 4 nitrogen and oxygen atoms in total. The predicted octanol–water partition coefficient (Wildman–Crippen LogP) is 3.67. The summed E-state index contributed by atoms with van der Waals surface area (Å²) in [6.45, 7) is 12.6. The maximum absolute atomic E-state index is 12.5. The number of hydrogen-bond acceptors (Lipinski definition) is 3. The first-order valence-corrected chi connectivity index (χ1v) is 9.21. The van der Waals surface area contributed by atoms with Gasteiger partial charge in [0.05, 0.1) is 6.04 Å². The molecule has 2 heterocycles. The van der Waals surface area contributed by atoms with E-state index in [2.05, 4.69) is 56.2 Å². The van der Waals surface area contributed by atoms with E-state index in [1.807, 2.05) is 6.08 Å². The van der Waals surface area contributed by atoms with Gasteiger partial charge in [-0.1, -0.05) is 20.8 Å². The van der Waals surface area contributed by atoms with E-state index >= 15 is 0 Å². The third kappa shape index (κ3) is 5.18. The van der Waals surface area contributed by atoms with E-state index in [9.17, 15) is 4.39 Å². The Labute approximate surface area is 151 Å². The van der Waals surface area contributed by atoms with Crippen molar-refractivity contribution in [2.24, 2.45) is 16.1 Å². The number of aromatic nitrogens is 1. The predicted molar refractivity (Wildman–Crippen MR) is 104 cm³/mol. The highest BCUT2D eigenvalue weighted by atomic mass is 19.1. The SMILES string of the molecule is Cc1ccc(C)n1C(C=C(N)C(C)(C)C)=NC1CCN(CCF)CC1. The van der Waals surface area contributed by atoms with E-state index in [1.165, 1.54) is 0 Å². The van der Waals surface area contributed by atoms with Crippen molar-refractivity contribution in [2.45, 2.75) is 53.5 Å². The summed E-state index contributed by atoms with van der Waals surface area (Å²) in [6.07, 6.45) is 3.95. The Morgan fingerprint density at radius 2 is 1.80 bits per heavy atom. The Balaban J connectivity index is 2.30. The standard InChI is InChI=1S/C20H33FN4/c1-15-6-7-16(2)25(15)19(14-18(22)20(3,4)5)23-17-8-11-24(12-9-17)13-10-21/h6-7,14,17H,8-13,22H2,1-5H3. The first-order chi connectivity index (χ1) is 11.7. The van der Waals surface area contributed by atoms with Crippen molar-refractivity contribution in [1.82, 2.24) is 9.47 Å². The average molecular weight is 349 g/mol. The zero-order valence-corrected chi connectivity index (χ0v) is 16.3. The lowest BCUT2D eigenvalue weighted by Gasteiger charge is -2.30. The molecule has 0 radical (unpaired) electrons. The minimum Gasteiger partial charge on any atom is -0.401 e. The second-order valence-electron chi connectivity index (χ2n) is 8.05. The lowest BCUT2D eigenvalue weighted by Crippen LogP contribution is -2.37. The number of nitrogens with zero attached hydrogens (tertiary/aromatic N) is 3. The van der Waals surface area contributed by atoms with Gasteiger partial charge in [-0.2, -0.15) is 0 Å². The molecule has 25 heavy (non-hydrogen) atoms. The highest BCUT2D eigenvalue weighted by Crippen LogP contribution is 2.22. The second kappa shape index (κ2) is 8.17. The highest BCUT2D eigenvalue weighted by Gasteiger charge is 2.21. The zero-order chi connectivity index (χ0) is 18.6. The van der Waals surface area contributed by atoms with Gasteiger partial charge in [-0.05, 0) is 38.8 Å². The first kappa shape index (κ1) is 19.7. The summed E-state index contributed by atoms with van der Waals surface area (Å²) in [5, 5.41) is 0. The molecule has 2 rings (SSSR count). The maximum atomic E-state index is 12.5. The van der Waals surface area contributed by atoms with Gasteiger partial charge in [-0.15, -0.1) is 0 Å². The second-order valence-corrected chi connectivity index (χ2v) is 8.05. The van der Waals surface area contributed by atoms with Crippen molar-refractivity contribution in [2.75, 3.05) is 26.3 Å².